The number of nitrogens with two attached hydrogens (primary N) is 2. The summed E-state index contributed by atoms with van der Waals surface area (Å²) in [6, 6.07) is 14.6. The maximum absolute atomic E-state index is 5.88. The quantitative estimate of drug-likeness (QED) is 0.309. The van der Waals surface area contributed by atoms with Crippen LogP contribution in [0.4, 0.5) is 0 Å². The number of hydrogen-bond acceptors (Lipinski definition) is 7. The molecule has 0 aliphatic carbocycles. The van der Waals surface area contributed by atoms with Crippen molar-refractivity contribution >= 4 is 36.5 Å². The molecule has 11 heteroatoms. The molecule has 0 aliphatic rings. The molecule has 31 heavy (non-hydrogen) atoms. The summed E-state index contributed by atoms with van der Waals surface area (Å²) < 4.78 is 11.0. The molecule has 0 atom stereocenters. The first-order valence-corrected chi connectivity index (χ1v) is 8.57. The molecule has 1 aromatic heterocycles. The molecule has 0 amide bonds. The predicted molar refractivity (Wildman–Crippen MR) is 124 cm³/mol. The summed E-state index contributed by atoms with van der Waals surface area (Å²) in [5, 5.41) is 11.6. The minimum absolute atomic E-state index is 0. The summed E-state index contributed by atoms with van der Waals surface area (Å²) >= 11 is 0. The number of aromatic nitrogens is 1. The Hall–Kier alpha value is -3.43. The van der Waals surface area contributed by atoms with Crippen molar-refractivity contribution in [2.24, 2.45) is 21.8 Å². The average molecular weight is 468 g/mol. The molecule has 166 valence electrons. The molecule has 3 rings (SSSR count). The van der Waals surface area contributed by atoms with E-state index in [0.29, 0.717) is 28.3 Å². The number of halogens is 2. The van der Waals surface area contributed by atoms with Gasteiger partial charge in [0.2, 0.25) is 0 Å². The van der Waals surface area contributed by atoms with Crippen LogP contribution in [-0.2, 0) is 9.68 Å². The van der Waals surface area contributed by atoms with Crippen molar-refractivity contribution in [2.45, 2.75) is 0 Å². The number of rotatable bonds is 7. The van der Waals surface area contributed by atoms with Gasteiger partial charge in [0.15, 0.2) is 17.4 Å². The Morgan fingerprint density at radius 3 is 2.13 bits per heavy atom. The number of amidine groups is 2. The number of benzene rings is 2. The molecule has 0 unspecified atom stereocenters. The first-order chi connectivity index (χ1) is 14.1. The van der Waals surface area contributed by atoms with Gasteiger partial charge in [0.05, 0.1) is 12.7 Å². The Kier molecular flexibility index (Phi) is 9.65. The lowest BCUT2D eigenvalue weighted by molar-refractivity contribution is 0.213. The molecular weight excluding hydrogens is 445 g/mol. The van der Waals surface area contributed by atoms with Gasteiger partial charge in [0.25, 0.3) is 0 Å². The lowest BCUT2D eigenvalue weighted by atomic mass is 10.0. The van der Waals surface area contributed by atoms with Crippen molar-refractivity contribution in [1.82, 2.24) is 5.16 Å². The molecule has 0 bridgehead atoms. The van der Waals surface area contributed by atoms with Gasteiger partial charge >= 0.3 is 0 Å². The summed E-state index contributed by atoms with van der Waals surface area (Å²) in [5.41, 5.74) is 15.3. The SMILES string of the molecule is CO/N=C(\N)c1cccc(-c2cc(-c3ccc(/C(N)=N/OC)cc3OC)on2)c1.Cl.Cl. The topological polar surface area (TPSA) is 130 Å². The lowest BCUT2D eigenvalue weighted by Crippen LogP contribution is -2.13. The van der Waals surface area contributed by atoms with Crippen LogP contribution in [0.2, 0.25) is 0 Å². The van der Waals surface area contributed by atoms with E-state index < -0.39 is 0 Å². The van der Waals surface area contributed by atoms with E-state index in [1.165, 1.54) is 14.2 Å². The molecule has 3 aromatic rings. The summed E-state index contributed by atoms with van der Waals surface area (Å²) in [5.74, 6) is 1.60. The zero-order chi connectivity index (χ0) is 20.8. The standard InChI is InChI=1S/C20H21N5O4.2ClH/c1-26-17-10-14(20(22)25-28-3)7-8-15(17)18-11-16(23-29-18)12-5-4-6-13(9-12)19(21)24-27-2;;/h4-11H,1-3H3,(H2,21,24)(H2,22,25);2*1H. The Morgan fingerprint density at radius 1 is 0.871 bits per heavy atom. The highest BCUT2D eigenvalue weighted by molar-refractivity contribution is 5.99. The fraction of sp³-hybridized carbons (Fsp3) is 0.150. The van der Waals surface area contributed by atoms with Gasteiger partial charge in [-0.1, -0.05) is 39.7 Å². The summed E-state index contributed by atoms with van der Waals surface area (Å²) in [6.45, 7) is 0. The maximum Gasteiger partial charge on any atom is 0.171 e. The van der Waals surface area contributed by atoms with Gasteiger partial charge in [0.1, 0.15) is 25.7 Å². The van der Waals surface area contributed by atoms with Crippen molar-refractivity contribution in [1.29, 1.82) is 0 Å². The molecule has 0 saturated carbocycles. The molecule has 0 fully saturated rings. The van der Waals surface area contributed by atoms with E-state index in [9.17, 15) is 0 Å². The second kappa shape index (κ2) is 11.7. The minimum atomic E-state index is 0. The Bertz CT molecular complexity index is 1070. The molecule has 4 N–H and O–H groups in total. The van der Waals surface area contributed by atoms with Crippen LogP contribution in [0.1, 0.15) is 11.1 Å². The summed E-state index contributed by atoms with van der Waals surface area (Å²) in [6.07, 6.45) is 0. The van der Waals surface area contributed by atoms with Crippen LogP contribution < -0.4 is 16.2 Å². The normalized spacial score (nSPS) is 11.2. The van der Waals surface area contributed by atoms with E-state index in [4.69, 9.17) is 30.4 Å². The number of oxime groups is 2. The first kappa shape index (κ1) is 25.6. The smallest absolute Gasteiger partial charge is 0.171 e. The highest BCUT2D eigenvalue weighted by Crippen LogP contribution is 2.33. The number of nitrogens with zero attached hydrogens (tertiary/aromatic N) is 3. The maximum atomic E-state index is 5.88. The second-order valence-corrected chi connectivity index (χ2v) is 5.89. The molecule has 2 aromatic carbocycles. The molecule has 1 heterocycles. The van der Waals surface area contributed by atoms with Crippen LogP contribution in [0, 0.1) is 0 Å². The fourth-order valence-electron chi connectivity index (χ4n) is 2.73. The molecule has 0 saturated heterocycles. The zero-order valence-corrected chi connectivity index (χ0v) is 18.7. The van der Waals surface area contributed by atoms with Gasteiger partial charge in [-0.05, 0) is 18.2 Å². The van der Waals surface area contributed by atoms with Crippen LogP contribution in [0.3, 0.4) is 0 Å². The molecule has 0 radical (unpaired) electrons. The molecule has 0 aliphatic heterocycles. The van der Waals surface area contributed by atoms with Gasteiger partial charge in [-0.15, -0.1) is 24.8 Å². The van der Waals surface area contributed by atoms with Gasteiger partial charge in [0, 0.05) is 22.8 Å². The second-order valence-electron chi connectivity index (χ2n) is 5.89. The van der Waals surface area contributed by atoms with E-state index in [1.807, 2.05) is 36.4 Å². The van der Waals surface area contributed by atoms with Gasteiger partial charge < -0.3 is 30.4 Å². The zero-order valence-electron chi connectivity index (χ0n) is 17.1. The van der Waals surface area contributed by atoms with Crippen molar-refractivity contribution < 1.29 is 18.9 Å². The van der Waals surface area contributed by atoms with Crippen molar-refractivity contribution in [2.75, 3.05) is 21.3 Å². The third-order valence-corrected chi connectivity index (χ3v) is 4.11. The monoisotopic (exact) mass is 467 g/mol. The highest BCUT2D eigenvalue weighted by atomic mass is 35.5. The van der Waals surface area contributed by atoms with E-state index in [1.54, 1.807) is 19.2 Å². The molecular formula is C20H23Cl2N5O4. The third kappa shape index (κ3) is 5.80. The Morgan fingerprint density at radius 2 is 1.52 bits per heavy atom. The Balaban J connectivity index is 0.00000240. The summed E-state index contributed by atoms with van der Waals surface area (Å²) in [4.78, 5) is 9.43. The highest BCUT2D eigenvalue weighted by Gasteiger charge is 2.15. The van der Waals surface area contributed by atoms with Crippen LogP contribution >= 0.6 is 24.8 Å². The first-order valence-electron chi connectivity index (χ1n) is 8.57. The molecule has 0 spiro atoms. The van der Waals surface area contributed by atoms with Crippen LogP contribution in [0.25, 0.3) is 22.6 Å². The van der Waals surface area contributed by atoms with E-state index in [0.717, 1.165) is 11.1 Å². The van der Waals surface area contributed by atoms with Gasteiger partial charge in [-0.25, -0.2) is 0 Å². The van der Waals surface area contributed by atoms with Crippen molar-refractivity contribution in [3.63, 3.8) is 0 Å². The van der Waals surface area contributed by atoms with Crippen molar-refractivity contribution in [3.05, 3.63) is 59.7 Å². The predicted octanol–water partition coefficient (Wildman–Crippen LogP) is 3.39. The van der Waals surface area contributed by atoms with Crippen LogP contribution in [-0.4, -0.2) is 38.2 Å². The van der Waals surface area contributed by atoms with Crippen LogP contribution in [0.5, 0.6) is 5.75 Å². The van der Waals surface area contributed by atoms with Crippen molar-refractivity contribution in [3.8, 4) is 28.3 Å². The van der Waals surface area contributed by atoms with E-state index >= 15 is 0 Å². The molecule has 9 nitrogen and oxygen atoms in total. The number of ether oxygens (including phenoxy) is 1. The largest absolute Gasteiger partial charge is 0.496 e. The van der Waals surface area contributed by atoms with E-state index in [-0.39, 0.29) is 36.5 Å². The lowest BCUT2D eigenvalue weighted by Gasteiger charge is -2.08. The third-order valence-electron chi connectivity index (χ3n) is 4.11. The average Bonchev–Trinajstić information content (AvgIpc) is 3.24. The summed E-state index contributed by atoms with van der Waals surface area (Å²) in [7, 11) is 4.43. The van der Waals surface area contributed by atoms with Gasteiger partial charge in [-0.3, -0.25) is 0 Å². The van der Waals surface area contributed by atoms with Gasteiger partial charge in [-0.2, -0.15) is 0 Å². The number of hydrogen-bond donors (Lipinski definition) is 2. The number of methoxy groups -OCH3 is 1. The van der Waals surface area contributed by atoms with Crippen LogP contribution in [0.15, 0.2) is 63.4 Å². The Labute approximate surface area is 191 Å². The fourth-order valence-corrected chi connectivity index (χ4v) is 2.73. The minimum Gasteiger partial charge on any atom is -0.496 e. The van der Waals surface area contributed by atoms with E-state index in [2.05, 4.69) is 15.5 Å².